The summed E-state index contributed by atoms with van der Waals surface area (Å²) in [5, 5.41) is 41.6. The van der Waals surface area contributed by atoms with Crippen molar-refractivity contribution >= 4 is 90.5 Å². The molecule has 3 aliphatic rings. The van der Waals surface area contributed by atoms with Gasteiger partial charge >= 0.3 is 23.9 Å². The highest BCUT2D eigenvalue weighted by Crippen LogP contribution is 2.49. The van der Waals surface area contributed by atoms with Gasteiger partial charge in [-0.3, -0.25) is 37.9 Å². The molecule has 5 aromatic rings. The molecule has 5 aromatic carbocycles. The Hall–Kier alpha value is -10.4. The minimum absolute atomic E-state index is 0.0132. The third-order valence-electron chi connectivity index (χ3n) is 21.7. The molecule has 0 spiro atoms. The summed E-state index contributed by atoms with van der Waals surface area (Å²) in [6.07, 6.45) is 19.0. The predicted molar refractivity (Wildman–Crippen MR) is 446 cm³/mol. The van der Waals surface area contributed by atoms with Gasteiger partial charge in [-0.05, 0) is 179 Å². The largest absolute Gasteiger partial charge is 0.481 e. The number of benzene rings is 5. The number of ketones is 2. The first-order valence-electron chi connectivity index (χ1n) is 40.6. The van der Waals surface area contributed by atoms with Gasteiger partial charge in [0.15, 0.2) is 11.5 Å². The number of ether oxygens (including phenoxy) is 1. The van der Waals surface area contributed by atoms with Crippen LogP contribution in [0.15, 0.2) is 178 Å². The average molecular weight is 1650 g/mol. The third kappa shape index (κ3) is 27.3. The molecule has 0 saturated carbocycles. The molecule has 8 rings (SSSR count). The number of anilines is 1. The molecule has 0 radical (unpaired) electrons. The quantitative estimate of drug-likeness (QED) is 0.00982. The maximum absolute atomic E-state index is 14.5. The zero-order valence-corrected chi connectivity index (χ0v) is 69.5. The van der Waals surface area contributed by atoms with Crippen LogP contribution in [0, 0.1) is 5.92 Å². The Balaban J connectivity index is 0.903. The number of amides is 5. The Morgan fingerprint density at radius 3 is 1.81 bits per heavy atom. The lowest BCUT2D eigenvalue weighted by molar-refractivity contribution is -0.438. The topological polar surface area (TPSA) is 399 Å². The first-order valence-corrected chi connectivity index (χ1v) is 43.5. The number of urea groups is 1. The van der Waals surface area contributed by atoms with E-state index in [0.717, 1.165) is 114 Å². The van der Waals surface area contributed by atoms with E-state index in [4.69, 9.17) is 9.84 Å². The molecule has 10 N–H and O–H groups in total. The number of nitrogens with one attached hydrogen (secondary N) is 5. The summed E-state index contributed by atoms with van der Waals surface area (Å²) in [5.41, 5.74) is 7.76. The van der Waals surface area contributed by atoms with Gasteiger partial charge in [0.1, 0.15) is 35.9 Å². The number of Topliss-reactive ketones (excluding diaryl/α,β-unsaturated/α-hetero) is 2. The van der Waals surface area contributed by atoms with Gasteiger partial charge in [0.2, 0.25) is 23.4 Å². The van der Waals surface area contributed by atoms with E-state index in [-0.39, 0.29) is 73.1 Å². The molecule has 0 aromatic heterocycles. The second-order valence-electron chi connectivity index (χ2n) is 31.4. The molecule has 4 atom stereocenters. The van der Waals surface area contributed by atoms with E-state index in [1.54, 1.807) is 54.6 Å². The van der Waals surface area contributed by atoms with Gasteiger partial charge in [0.25, 0.3) is 20.2 Å². The Kier molecular flexibility index (Phi) is 34.4. The molecule has 0 unspecified atom stereocenters. The maximum Gasteiger partial charge on any atom is 0.326 e. The lowest BCUT2D eigenvalue weighted by Gasteiger charge is -2.27. The zero-order chi connectivity index (χ0) is 85.0. The van der Waals surface area contributed by atoms with Gasteiger partial charge in [-0.15, -0.1) is 0 Å². The molecule has 26 nitrogen and oxygen atoms in total. The number of hydrogen-bond acceptors (Lipinski definition) is 15. The number of carboxylic acids is 3. The predicted octanol–water partition coefficient (Wildman–Crippen LogP) is 13.5. The van der Waals surface area contributed by atoms with E-state index in [2.05, 4.69) is 74.2 Å². The van der Waals surface area contributed by atoms with Crippen LogP contribution in [0.25, 0.3) is 0 Å². The van der Waals surface area contributed by atoms with E-state index in [0.29, 0.717) is 81.5 Å². The van der Waals surface area contributed by atoms with Crippen LogP contribution in [0.4, 0.5) is 16.2 Å². The SMILES string of the molecule is CCCCC[N+]1=C(/C=C/C2=C(Oc3ccc(CCNC(=O)C[C@H](NC(=O)[C@@H](CC(=O)[C@H](Cc4ccccc4)NC(=O)CCCCCCCCC(=O)CCCNC(=O)N[C@H](CCC(=O)O)C(=O)O)Cc4ccccc4)C(=O)O)cc3)C(=C/C=C3/N(CCCC)c4ccc(S(=O)(=O)O)cc4C3(C)C)/CCC2)C(C)(C)c2cc(S(=O)(=O)O)ccc21. The van der Waals surface area contributed by atoms with Crippen molar-refractivity contribution in [2.24, 2.45) is 5.92 Å². The fourth-order valence-electron chi connectivity index (χ4n) is 15.2. The van der Waals surface area contributed by atoms with Crippen molar-refractivity contribution in [3.05, 3.63) is 196 Å². The van der Waals surface area contributed by atoms with Crippen LogP contribution in [0.5, 0.6) is 5.75 Å². The number of allylic oxidation sites excluding steroid dienone is 7. The number of unbranched alkanes of at least 4 members (excludes halogenated alkanes) is 8. The molecule has 0 bridgehead atoms. The van der Waals surface area contributed by atoms with Crippen molar-refractivity contribution in [3.63, 3.8) is 0 Å². The van der Waals surface area contributed by atoms with Gasteiger partial charge in [0, 0.05) is 98.6 Å². The number of carboxylic acid groups (broad SMARTS) is 3. The molecule has 2 aliphatic heterocycles. The van der Waals surface area contributed by atoms with Crippen molar-refractivity contribution in [1.29, 1.82) is 0 Å². The monoisotopic (exact) mass is 1650 g/mol. The standard InChI is InChI=1S/C89H113N7O19S2/c1-7-9-23-53-96-76-45-42-69(117(112,113)114)58-71(76)89(5,6)79(96)47-38-64-31-24-30-63(37-46-78-88(3,4)70-57-68(116(109,110)111)41-44-75(70)95(78)52-10-8-2)83(64)115-67-39-35-60(36-40-67)49-51-90-81(100)59-74(86(106)107)93-84(103)65(54-61-26-17-15-18-27-61)56-77(98)73(55-62-28-19-16-20-29-62)92-80(99)34-22-14-12-11-13-21-32-66(97)33-25-50-91-87(108)94-72(85(104)105)43-48-82(101)102/h15-20,26-29,35-42,44-47,57-58,65,72-74H,7-14,21-25,30-34,43,48-56,59H2,1-6H3,(H9-,90,91,92,93,94,99,100,101,102,103,104,105,106,107,108,109,110,111,112,113,114)/p+1/t65-,72-,73+,74+/m1/s1. The first kappa shape index (κ1) is 92.1. The maximum atomic E-state index is 14.5. The van der Waals surface area contributed by atoms with Crippen LogP contribution in [0.3, 0.4) is 0 Å². The lowest BCUT2D eigenvalue weighted by atomic mass is 9.81. The molecular formula is C89H114N7O19S2+. The molecule has 1 aliphatic carbocycles. The summed E-state index contributed by atoms with van der Waals surface area (Å²) >= 11 is 0. The number of nitrogens with zero attached hydrogens (tertiary/aromatic N) is 2. The van der Waals surface area contributed by atoms with E-state index in [1.807, 2.05) is 82.3 Å². The van der Waals surface area contributed by atoms with Crippen molar-refractivity contribution in [1.82, 2.24) is 26.6 Å². The minimum Gasteiger partial charge on any atom is -0.481 e. The van der Waals surface area contributed by atoms with Crippen LogP contribution < -0.4 is 36.2 Å². The number of rotatable bonds is 48. The first-order chi connectivity index (χ1) is 55.7. The third-order valence-corrected chi connectivity index (χ3v) is 23.4. The summed E-state index contributed by atoms with van der Waals surface area (Å²) < 4.78 is 79.4. The molecule has 2 heterocycles. The summed E-state index contributed by atoms with van der Waals surface area (Å²) in [6, 6.07) is 30.0. The van der Waals surface area contributed by atoms with E-state index >= 15 is 0 Å². The van der Waals surface area contributed by atoms with Gasteiger partial charge in [-0.1, -0.05) is 145 Å². The van der Waals surface area contributed by atoms with E-state index in [9.17, 15) is 79.3 Å². The number of carbonyl (C=O) groups is 9. The summed E-state index contributed by atoms with van der Waals surface area (Å²) in [7, 11) is -9.00. The second-order valence-corrected chi connectivity index (χ2v) is 34.2. The average Bonchev–Trinajstić information content (AvgIpc) is 1.59. The van der Waals surface area contributed by atoms with Gasteiger partial charge in [-0.2, -0.15) is 21.4 Å². The van der Waals surface area contributed by atoms with Gasteiger partial charge in [-0.25, -0.2) is 14.4 Å². The summed E-state index contributed by atoms with van der Waals surface area (Å²) in [6.45, 7) is 13.9. The molecular weight excluding hydrogens is 1540 g/mol. The van der Waals surface area contributed by atoms with E-state index < -0.39 is 109 Å². The van der Waals surface area contributed by atoms with E-state index in [1.165, 1.54) is 12.1 Å². The van der Waals surface area contributed by atoms with Crippen LogP contribution in [-0.2, 0) is 88.7 Å². The Morgan fingerprint density at radius 1 is 0.564 bits per heavy atom. The fourth-order valence-corrected chi connectivity index (χ4v) is 16.2. The zero-order valence-electron chi connectivity index (χ0n) is 67.8. The van der Waals surface area contributed by atoms with Crippen molar-refractivity contribution in [2.45, 2.75) is 241 Å². The van der Waals surface area contributed by atoms with Gasteiger partial charge < -0.3 is 51.5 Å². The Bertz CT molecular complexity index is 4760. The second kappa shape index (κ2) is 43.7. The normalized spacial score (nSPS) is 16.1. The molecule has 28 heteroatoms. The van der Waals surface area contributed by atoms with Crippen molar-refractivity contribution < 1.29 is 93.7 Å². The Morgan fingerprint density at radius 2 is 1.18 bits per heavy atom. The molecule has 5 amide bonds. The van der Waals surface area contributed by atoms with Crippen molar-refractivity contribution in [2.75, 3.05) is 31.1 Å². The highest BCUT2D eigenvalue weighted by atomic mass is 32.2. The number of hydrogen-bond donors (Lipinski definition) is 10. The molecule has 117 heavy (non-hydrogen) atoms. The van der Waals surface area contributed by atoms with Crippen LogP contribution >= 0.6 is 0 Å². The van der Waals surface area contributed by atoms with Crippen LogP contribution in [0.1, 0.15) is 211 Å². The number of aliphatic carboxylic acids is 3. The summed E-state index contributed by atoms with van der Waals surface area (Å²) in [4.78, 5) is 118. The minimum atomic E-state index is -4.50. The van der Waals surface area contributed by atoms with Crippen LogP contribution in [-0.4, -0.2) is 149 Å². The molecule has 630 valence electrons. The highest BCUT2D eigenvalue weighted by molar-refractivity contribution is 7.86. The van der Waals surface area contributed by atoms with Gasteiger partial charge in [0.05, 0.1) is 27.7 Å². The number of fused-ring (bicyclic) bond motifs is 2. The molecule has 0 saturated heterocycles. The highest BCUT2D eigenvalue weighted by Gasteiger charge is 2.46. The Labute approximate surface area is 686 Å². The lowest BCUT2D eigenvalue weighted by Crippen LogP contribution is -2.48. The smallest absolute Gasteiger partial charge is 0.326 e. The summed E-state index contributed by atoms with van der Waals surface area (Å²) in [5.74, 6) is -6.19. The van der Waals surface area contributed by atoms with Crippen LogP contribution in [0.2, 0.25) is 0 Å². The number of carbonyl (C=O) groups excluding carboxylic acids is 6. The fraction of sp³-hybridized carbons (Fsp3) is 0.461. The molecule has 0 fully saturated rings. The van der Waals surface area contributed by atoms with Crippen molar-refractivity contribution in [3.8, 4) is 5.75 Å².